The molecule has 5 nitrogen and oxygen atoms in total. The van der Waals surface area contributed by atoms with E-state index in [4.69, 9.17) is 11.6 Å². The zero-order valence-electron chi connectivity index (χ0n) is 13.8. The van der Waals surface area contributed by atoms with Crippen molar-refractivity contribution in [2.75, 3.05) is 25.5 Å². The third-order valence-corrected chi connectivity index (χ3v) is 3.87. The van der Waals surface area contributed by atoms with E-state index in [1.807, 2.05) is 55.4 Å². The molecule has 0 aliphatic carbocycles. The lowest BCUT2D eigenvalue weighted by atomic mass is 10.1. The van der Waals surface area contributed by atoms with Gasteiger partial charge in [-0.1, -0.05) is 35.9 Å². The molecule has 3 N–H and O–H groups in total. The smallest absolute Gasteiger partial charge is 0.315 e. The van der Waals surface area contributed by atoms with Crippen molar-refractivity contribution in [1.29, 1.82) is 0 Å². The van der Waals surface area contributed by atoms with Crippen LogP contribution in [0, 0.1) is 0 Å². The lowest BCUT2D eigenvalue weighted by molar-refractivity contribution is 0.173. The molecule has 0 spiro atoms. The maximum absolute atomic E-state index is 11.8. The Kier molecular flexibility index (Phi) is 6.46. The third-order valence-electron chi connectivity index (χ3n) is 3.62. The van der Waals surface area contributed by atoms with Crippen LogP contribution in [0.5, 0.6) is 0 Å². The molecule has 24 heavy (non-hydrogen) atoms. The molecule has 2 aromatic carbocycles. The Labute approximate surface area is 147 Å². The quantitative estimate of drug-likeness (QED) is 0.752. The minimum atomic E-state index is -0.748. The number of halogens is 1. The first-order valence-corrected chi connectivity index (χ1v) is 8.05. The Balaban J connectivity index is 1.77. The van der Waals surface area contributed by atoms with Crippen LogP contribution in [0.3, 0.4) is 0 Å². The molecule has 2 rings (SSSR count). The van der Waals surface area contributed by atoms with E-state index in [1.54, 1.807) is 12.1 Å². The van der Waals surface area contributed by atoms with Gasteiger partial charge in [0, 0.05) is 37.9 Å². The minimum Gasteiger partial charge on any atom is -0.387 e. The van der Waals surface area contributed by atoms with Crippen molar-refractivity contribution < 1.29 is 9.90 Å². The monoisotopic (exact) mass is 347 g/mol. The van der Waals surface area contributed by atoms with Crippen molar-refractivity contribution in [2.45, 2.75) is 12.6 Å². The zero-order valence-corrected chi connectivity index (χ0v) is 14.5. The van der Waals surface area contributed by atoms with Crippen LogP contribution in [0.25, 0.3) is 0 Å². The molecule has 2 aromatic rings. The summed E-state index contributed by atoms with van der Waals surface area (Å²) in [5.41, 5.74) is 2.77. The first-order chi connectivity index (χ1) is 11.5. The second kappa shape index (κ2) is 8.57. The molecule has 0 heterocycles. The first-order valence-electron chi connectivity index (χ1n) is 7.67. The van der Waals surface area contributed by atoms with Crippen molar-refractivity contribution in [3.8, 4) is 0 Å². The summed E-state index contributed by atoms with van der Waals surface area (Å²) >= 11 is 5.81. The minimum absolute atomic E-state index is 0.147. The van der Waals surface area contributed by atoms with E-state index in [2.05, 4.69) is 10.6 Å². The highest BCUT2D eigenvalue weighted by molar-refractivity contribution is 6.30. The van der Waals surface area contributed by atoms with Crippen LogP contribution in [0.4, 0.5) is 10.5 Å². The lowest BCUT2D eigenvalue weighted by Gasteiger charge is -2.16. The molecule has 0 aliphatic rings. The molecule has 0 radical (unpaired) electrons. The summed E-state index contributed by atoms with van der Waals surface area (Å²) in [5, 5.41) is 16.2. The van der Waals surface area contributed by atoms with Gasteiger partial charge in [-0.25, -0.2) is 4.79 Å². The molecule has 1 atom stereocenters. The number of nitrogens with zero attached hydrogens (tertiary/aromatic N) is 1. The second-order valence-electron chi connectivity index (χ2n) is 5.69. The molecule has 0 saturated heterocycles. The van der Waals surface area contributed by atoms with E-state index < -0.39 is 6.10 Å². The highest BCUT2D eigenvalue weighted by atomic mass is 35.5. The molecule has 0 aliphatic heterocycles. The van der Waals surface area contributed by atoms with Crippen molar-refractivity contribution in [1.82, 2.24) is 10.6 Å². The molecule has 0 saturated carbocycles. The number of carbonyl (C=O) groups is 1. The Morgan fingerprint density at radius 1 is 1.08 bits per heavy atom. The van der Waals surface area contributed by atoms with Gasteiger partial charge in [0.05, 0.1) is 6.10 Å². The van der Waals surface area contributed by atoms with Gasteiger partial charge in [0.2, 0.25) is 0 Å². The topological polar surface area (TPSA) is 64.6 Å². The van der Waals surface area contributed by atoms with Gasteiger partial charge >= 0.3 is 6.03 Å². The molecule has 0 aromatic heterocycles. The Hall–Kier alpha value is -2.24. The summed E-state index contributed by atoms with van der Waals surface area (Å²) in [6, 6.07) is 14.5. The van der Waals surface area contributed by atoms with Crippen LogP contribution < -0.4 is 15.5 Å². The molecule has 0 unspecified atom stereocenters. The number of benzene rings is 2. The highest BCUT2D eigenvalue weighted by Crippen LogP contribution is 2.17. The summed E-state index contributed by atoms with van der Waals surface area (Å²) < 4.78 is 0. The Morgan fingerprint density at radius 3 is 2.29 bits per heavy atom. The average Bonchev–Trinajstić information content (AvgIpc) is 2.59. The highest BCUT2D eigenvalue weighted by Gasteiger charge is 2.09. The fraction of sp³-hybridized carbons (Fsp3) is 0.278. The van der Waals surface area contributed by atoms with Crippen LogP contribution in [0.15, 0.2) is 48.5 Å². The SMILES string of the molecule is CN(C)c1ccc([C@H](O)CNC(=O)NCc2ccc(Cl)cc2)cc1. The van der Waals surface area contributed by atoms with Crippen molar-refractivity contribution in [2.24, 2.45) is 0 Å². The van der Waals surface area contributed by atoms with Crippen LogP contribution in [0.1, 0.15) is 17.2 Å². The third kappa shape index (κ3) is 5.44. The number of rotatable bonds is 6. The summed E-state index contributed by atoms with van der Waals surface area (Å²) in [4.78, 5) is 13.8. The number of anilines is 1. The van der Waals surface area contributed by atoms with Crippen LogP contribution >= 0.6 is 11.6 Å². The van der Waals surface area contributed by atoms with Gasteiger partial charge < -0.3 is 20.6 Å². The van der Waals surface area contributed by atoms with Crippen molar-refractivity contribution >= 4 is 23.3 Å². The van der Waals surface area contributed by atoms with E-state index in [0.29, 0.717) is 11.6 Å². The van der Waals surface area contributed by atoms with Crippen molar-refractivity contribution in [3.63, 3.8) is 0 Å². The summed E-state index contributed by atoms with van der Waals surface area (Å²) in [5.74, 6) is 0. The first kappa shape index (κ1) is 18.1. The number of aliphatic hydroxyl groups is 1. The van der Waals surface area contributed by atoms with Gasteiger partial charge in [-0.15, -0.1) is 0 Å². The number of nitrogens with one attached hydrogen (secondary N) is 2. The molecule has 0 bridgehead atoms. The predicted molar refractivity (Wildman–Crippen MR) is 97.4 cm³/mol. The maximum Gasteiger partial charge on any atom is 0.315 e. The van der Waals surface area contributed by atoms with Gasteiger partial charge in [-0.3, -0.25) is 0 Å². The number of urea groups is 1. The van der Waals surface area contributed by atoms with Gasteiger partial charge in [0.25, 0.3) is 0 Å². The van der Waals surface area contributed by atoms with E-state index in [9.17, 15) is 9.90 Å². The maximum atomic E-state index is 11.8. The standard InChI is InChI=1S/C18H22ClN3O2/c1-22(2)16-9-5-14(6-10-16)17(23)12-21-18(24)20-11-13-3-7-15(19)8-4-13/h3-10,17,23H,11-12H2,1-2H3,(H2,20,21,24)/t17-/m1/s1. The number of aliphatic hydroxyl groups excluding tert-OH is 1. The van der Waals surface area contributed by atoms with Gasteiger partial charge in [-0.2, -0.15) is 0 Å². The van der Waals surface area contributed by atoms with Gasteiger partial charge in [0.15, 0.2) is 0 Å². The van der Waals surface area contributed by atoms with Crippen LogP contribution in [0.2, 0.25) is 5.02 Å². The number of carbonyl (C=O) groups excluding carboxylic acids is 1. The van der Waals surface area contributed by atoms with E-state index in [-0.39, 0.29) is 12.6 Å². The number of hydrogen-bond donors (Lipinski definition) is 3. The molecule has 128 valence electrons. The van der Waals surface area contributed by atoms with Crippen LogP contribution in [-0.4, -0.2) is 31.8 Å². The Bertz CT molecular complexity index is 657. The zero-order chi connectivity index (χ0) is 17.5. The molecule has 2 amide bonds. The second-order valence-corrected chi connectivity index (χ2v) is 6.13. The summed E-state index contributed by atoms with van der Waals surface area (Å²) in [6.07, 6.45) is -0.748. The fourth-order valence-electron chi connectivity index (χ4n) is 2.15. The molecular weight excluding hydrogens is 326 g/mol. The largest absolute Gasteiger partial charge is 0.387 e. The fourth-order valence-corrected chi connectivity index (χ4v) is 2.27. The summed E-state index contributed by atoms with van der Waals surface area (Å²) in [7, 11) is 3.91. The lowest BCUT2D eigenvalue weighted by Crippen LogP contribution is -2.37. The molecule has 6 heteroatoms. The summed E-state index contributed by atoms with van der Waals surface area (Å²) in [6.45, 7) is 0.546. The molecular formula is C18H22ClN3O2. The van der Waals surface area contributed by atoms with E-state index >= 15 is 0 Å². The average molecular weight is 348 g/mol. The van der Waals surface area contributed by atoms with Crippen molar-refractivity contribution in [3.05, 3.63) is 64.7 Å². The van der Waals surface area contributed by atoms with E-state index in [0.717, 1.165) is 16.8 Å². The van der Waals surface area contributed by atoms with Gasteiger partial charge in [0.1, 0.15) is 0 Å². The Morgan fingerprint density at radius 2 is 1.71 bits per heavy atom. The van der Waals surface area contributed by atoms with Crippen LogP contribution in [-0.2, 0) is 6.54 Å². The predicted octanol–water partition coefficient (Wildman–Crippen LogP) is 2.94. The molecule has 0 fully saturated rings. The van der Waals surface area contributed by atoms with Gasteiger partial charge in [-0.05, 0) is 35.4 Å². The normalized spacial score (nSPS) is 11.7. The number of hydrogen-bond acceptors (Lipinski definition) is 3. The number of amides is 2. The van der Waals surface area contributed by atoms with E-state index in [1.165, 1.54) is 0 Å².